The minimum Gasteiger partial charge on any atom is -0.340 e. The van der Waals surface area contributed by atoms with Gasteiger partial charge in [0, 0.05) is 19.6 Å². The van der Waals surface area contributed by atoms with Crippen molar-refractivity contribution in [3.8, 4) is 0 Å². The van der Waals surface area contributed by atoms with Gasteiger partial charge in [0.2, 0.25) is 5.91 Å². The lowest BCUT2D eigenvalue weighted by Crippen LogP contribution is -2.61. The maximum absolute atomic E-state index is 12.0. The largest absolute Gasteiger partial charge is 0.340 e. The molecule has 0 atom stereocenters. The number of hydrogen-bond acceptors (Lipinski definition) is 2. The van der Waals surface area contributed by atoms with Crippen LogP contribution < -0.4 is 5.32 Å². The summed E-state index contributed by atoms with van der Waals surface area (Å²) < 4.78 is 0. The fourth-order valence-corrected chi connectivity index (χ4v) is 1.76. The Morgan fingerprint density at radius 2 is 2.00 bits per heavy atom. The Morgan fingerprint density at radius 1 is 1.40 bits per heavy atom. The molecule has 3 nitrogen and oxygen atoms in total. The average molecular weight is 212 g/mol. The monoisotopic (exact) mass is 212 g/mol. The Balaban J connectivity index is 2.52. The van der Waals surface area contributed by atoms with Gasteiger partial charge in [-0.05, 0) is 25.7 Å². The second kappa shape index (κ2) is 4.12. The van der Waals surface area contributed by atoms with E-state index in [-0.39, 0.29) is 11.4 Å². The summed E-state index contributed by atoms with van der Waals surface area (Å²) in [6.45, 7) is 13.2. The van der Waals surface area contributed by atoms with Crippen molar-refractivity contribution in [3.63, 3.8) is 0 Å². The second-order valence-electron chi connectivity index (χ2n) is 6.15. The van der Waals surface area contributed by atoms with E-state index in [1.807, 2.05) is 18.7 Å². The van der Waals surface area contributed by atoms with Gasteiger partial charge < -0.3 is 10.2 Å². The third-order valence-corrected chi connectivity index (χ3v) is 2.90. The molecule has 0 unspecified atom stereocenters. The first-order valence-electron chi connectivity index (χ1n) is 5.77. The van der Waals surface area contributed by atoms with E-state index in [1.165, 1.54) is 0 Å². The van der Waals surface area contributed by atoms with Gasteiger partial charge in [-0.25, -0.2) is 0 Å². The first kappa shape index (κ1) is 12.5. The highest BCUT2D eigenvalue weighted by Crippen LogP contribution is 2.20. The van der Waals surface area contributed by atoms with Crippen LogP contribution in [0.25, 0.3) is 0 Å². The van der Waals surface area contributed by atoms with Gasteiger partial charge in [-0.1, -0.05) is 20.8 Å². The molecule has 1 aliphatic rings. The van der Waals surface area contributed by atoms with E-state index in [2.05, 4.69) is 26.1 Å². The molecule has 0 aromatic rings. The molecule has 0 saturated carbocycles. The summed E-state index contributed by atoms with van der Waals surface area (Å²) in [4.78, 5) is 14.0. The van der Waals surface area contributed by atoms with Gasteiger partial charge in [0.1, 0.15) is 0 Å². The highest BCUT2D eigenvalue weighted by molar-refractivity contribution is 5.86. The van der Waals surface area contributed by atoms with Gasteiger partial charge >= 0.3 is 0 Å². The third-order valence-electron chi connectivity index (χ3n) is 2.90. The summed E-state index contributed by atoms with van der Waals surface area (Å²) in [7, 11) is 0. The van der Waals surface area contributed by atoms with Gasteiger partial charge in [-0.2, -0.15) is 0 Å². The molecule has 1 saturated heterocycles. The van der Waals surface area contributed by atoms with Crippen LogP contribution in [0.15, 0.2) is 0 Å². The lowest BCUT2D eigenvalue weighted by atomic mass is 9.91. The Kier molecular flexibility index (Phi) is 3.44. The molecule has 15 heavy (non-hydrogen) atoms. The number of amides is 1. The third kappa shape index (κ3) is 3.49. The lowest BCUT2D eigenvalue weighted by Gasteiger charge is -2.39. The molecule has 1 rings (SSSR count). The molecule has 1 fully saturated rings. The summed E-state index contributed by atoms with van der Waals surface area (Å²) in [6.07, 6.45) is 1.06. The molecule has 1 N–H and O–H groups in total. The van der Waals surface area contributed by atoms with Crippen molar-refractivity contribution in [2.75, 3.05) is 19.6 Å². The van der Waals surface area contributed by atoms with Crippen LogP contribution in [-0.4, -0.2) is 36.0 Å². The highest BCUT2D eigenvalue weighted by Gasteiger charge is 2.35. The van der Waals surface area contributed by atoms with Gasteiger partial charge in [0.15, 0.2) is 0 Å². The van der Waals surface area contributed by atoms with Gasteiger partial charge in [-0.3, -0.25) is 4.79 Å². The molecule has 1 heterocycles. The molecule has 1 amide bonds. The molecular weight excluding hydrogens is 188 g/mol. The summed E-state index contributed by atoms with van der Waals surface area (Å²) in [5.41, 5.74) is -0.0779. The van der Waals surface area contributed by atoms with Crippen LogP contribution in [0, 0.1) is 5.41 Å². The zero-order valence-corrected chi connectivity index (χ0v) is 10.7. The Bertz CT molecular complexity index is 240. The van der Waals surface area contributed by atoms with E-state index in [4.69, 9.17) is 0 Å². The van der Waals surface area contributed by atoms with Crippen molar-refractivity contribution >= 4 is 5.91 Å². The predicted octanol–water partition coefficient (Wildman–Crippen LogP) is 1.63. The number of piperazine rings is 1. The molecular formula is C12H24N2O. The number of nitrogens with one attached hydrogen (secondary N) is 1. The maximum atomic E-state index is 12.0. The molecule has 0 radical (unpaired) electrons. The van der Waals surface area contributed by atoms with Crippen molar-refractivity contribution in [2.45, 2.75) is 46.6 Å². The smallest absolute Gasteiger partial charge is 0.242 e. The number of hydrogen-bond donors (Lipinski definition) is 1. The van der Waals surface area contributed by atoms with E-state index in [0.29, 0.717) is 5.41 Å². The standard InChI is InChI=1S/C12H24N2O/c1-11(2,3)6-8-14-9-7-13-12(4,5)10(14)15/h13H,6-9H2,1-5H3. The molecule has 0 aromatic heterocycles. The Labute approximate surface area is 93.2 Å². The minimum absolute atomic E-state index is 0.234. The average Bonchev–Trinajstić information content (AvgIpc) is 2.06. The van der Waals surface area contributed by atoms with E-state index in [0.717, 1.165) is 26.1 Å². The second-order valence-corrected chi connectivity index (χ2v) is 6.15. The van der Waals surface area contributed by atoms with Gasteiger partial charge in [0.05, 0.1) is 5.54 Å². The van der Waals surface area contributed by atoms with Crippen molar-refractivity contribution < 1.29 is 4.79 Å². The van der Waals surface area contributed by atoms with Crippen LogP contribution in [0.4, 0.5) is 0 Å². The van der Waals surface area contributed by atoms with Gasteiger partial charge in [-0.15, -0.1) is 0 Å². The molecule has 0 spiro atoms. The van der Waals surface area contributed by atoms with Crippen LogP contribution in [0.1, 0.15) is 41.0 Å². The van der Waals surface area contributed by atoms with E-state index < -0.39 is 0 Å². The van der Waals surface area contributed by atoms with Crippen LogP contribution in [0.3, 0.4) is 0 Å². The van der Waals surface area contributed by atoms with E-state index in [1.54, 1.807) is 0 Å². The maximum Gasteiger partial charge on any atom is 0.242 e. The zero-order valence-electron chi connectivity index (χ0n) is 10.7. The number of rotatable bonds is 2. The van der Waals surface area contributed by atoms with E-state index >= 15 is 0 Å². The predicted molar refractivity (Wildman–Crippen MR) is 62.7 cm³/mol. The van der Waals surface area contributed by atoms with Crippen molar-refractivity contribution in [1.29, 1.82) is 0 Å². The summed E-state index contributed by atoms with van der Waals surface area (Å²) in [6, 6.07) is 0. The number of nitrogens with zero attached hydrogens (tertiary/aromatic N) is 1. The molecule has 0 bridgehead atoms. The topological polar surface area (TPSA) is 32.3 Å². The van der Waals surface area contributed by atoms with Crippen LogP contribution in [-0.2, 0) is 4.79 Å². The molecule has 1 aliphatic heterocycles. The van der Waals surface area contributed by atoms with E-state index in [9.17, 15) is 4.79 Å². The summed E-state index contributed by atoms with van der Waals surface area (Å²) in [5, 5.41) is 3.24. The Hall–Kier alpha value is -0.570. The summed E-state index contributed by atoms with van der Waals surface area (Å²) in [5.74, 6) is 0.234. The summed E-state index contributed by atoms with van der Waals surface area (Å²) >= 11 is 0. The van der Waals surface area contributed by atoms with Crippen molar-refractivity contribution in [1.82, 2.24) is 10.2 Å². The fraction of sp³-hybridized carbons (Fsp3) is 0.917. The zero-order chi connectivity index (χ0) is 11.7. The normalized spacial score (nSPS) is 21.9. The molecule has 88 valence electrons. The Morgan fingerprint density at radius 3 is 2.53 bits per heavy atom. The van der Waals surface area contributed by atoms with Crippen molar-refractivity contribution in [3.05, 3.63) is 0 Å². The van der Waals surface area contributed by atoms with Crippen LogP contribution in [0.2, 0.25) is 0 Å². The lowest BCUT2D eigenvalue weighted by molar-refractivity contribution is -0.140. The first-order valence-corrected chi connectivity index (χ1v) is 5.77. The van der Waals surface area contributed by atoms with Crippen molar-refractivity contribution in [2.24, 2.45) is 5.41 Å². The first-order chi connectivity index (χ1) is 6.72. The minimum atomic E-state index is -0.379. The number of carbonyl (C=O) groups is 1. The SMILES string of the molecule is CC(C)(C)CCN1CCNC(C)(C)C1=O. The van der Waals surface area contributed by atoms with Crippen LogP contribution in [0.5, 0.6) is 0 Å². The fourth-order valence-electron chi connectivity index (χ4n) is 1.76. The molecule has 0 aliphatic carbocycles. The molecule has 0 aromatic carbocycles. The molecule has 3 heteroatoms. The van der Waals surface area contributed by atoms with Gasteiger partial charge in [0.25, 0.3) is 0 Å². The quantitative estimate of drug-likeness (QED) is 0.754. The van der Waals surface area contributed by atoms with Crippen LogP contribution >= 0.6 is 0 Å². The number of carbonyl (C=O) groups excluding carboxylic acids is 1. The highest BCUT2D eigenvalue weighted by atomic mass is 16.2.